The van der Waals surface area contributed by atoms with Gasteiger partial charge in [-0.3, -0.25) is 9.69 Å². The Hall–Kier alpha value is -3.53. The average molecular weight is 604 g/mol. The van der Waals surface area contributed by atoms with Gasteiger partial charge in [0.15, 0.2) is 0 Å². The molecule has 1 saturated heterocycles. The Labute approximate surface area is 247 Å². The third-order valence-corrected chi connectivity index (χ3v) is 8.50. The van der Waals surface area contributed by atoms with Crippen molar-refractivity contribution in [1.29, 1.82) is 0 Å². The van der Waals surface area contributed by atoms with Gasteiger partial charge < -0.3 is 10.2 Å². The van der Waals surface area contributed by atoms with Crippen LogP contribution >= 0.6 is 0 Å². The van der Waals surface area contributed by atoms with Crippen LogP contribution < -0.4 is 10.2 Å². The number of anilines is 1. The molecule has 2 fully saturated rings. The third kappa shape index (κ3) is 7.71. The zero-order valence-corrected chi connectivity index (χ0v) is 23.8. The molecule has 1 aliphatic carbocycles. The molecular weight excluding hydrogens is 568 g/mol. The molecule has 3 aromatic rings. The summed E-state index contributed by atoms with van der Waals surface area (Å²) in [5.41, 5.74) is -0.642. The molecule has 1 N–H and O–H groups in total. The minimum Gasteiger partial charge on any atom is -0.369 e. The molecule has 5 rings (SSSR count). The van der Waals surface area contributed by atoms with E-state index in [1.165, 1.54) is 5.56 Å². The Morgan fingerprint density at radius 3 is 1.86 bits per heavy atom. The molecule has 43 heavy (non-hydrogen) atoms. The second-order valence-corrected chi connectivity index (χ2v) is 11.6. The molecule has 0 bridgehead atoms. The summed E-state index contributed by atoms with van der Waals surface area (Å²) in [6.45, 7) is 4.54. The summed E-state index contributed by atoms with van der Waals surface area (Å²) >= 11 is 0. The lowest BCUT2D eigenvalue weighted by Crippen LogP contribution is -2.48. The minimum atomic E-state index is -4.96. The molecule has 0 unspecified atom stereocenters. The van der Waals surface area contributed by atoms with Gasteiger partial charge in [-0.05, 0) is 59.9 Å². The molecule has 10 heteroatoms. The van der Waals surface area contributed by atoms with E-state index in [9.17, 15) is 31.1 Å². The number of piperazine rings is 1. The van der Waals surface area contributed by atoms with E-state index in [1.807, 2.05) is 42.5 Å². The van der Waals surface area contributed by atoms with Crippen LogP contribution in [-0.2, 0) is 35.7 Å². The van der Waals surface area contributed by atoms with E-state index in [4.69, 9.17) is 0 Å². The first kappa shape index (κ1) is 30.9. The highest BCUT2D eigenvalue weighted by Crippen LogP contribution is 2.39. The fraction of sp³-hybridized carbons (Fsp3) is 0.424. The van der Waals surface area contributed by atoms with Crippen LogP contribution in [0.25, 0.3) is 0 Å². The number of benzene rings is 3. The second kappa shape index (κ2) is 12.6. The zero-order valence-electron chi connectivity index (χ0n) is 23.8. The molecule has 1 heterocycles. The summed E-state index contributed by atoms with van der Waals surface area (Å²) in [4.78, 5) is 17.9. The molecule has 0 atom stereocenters. The van der Waals surface area contributed by atoms with Crippen LogP contribution in [0.4, 0.5) is 32.0 Å². The number of nitrogens with zero attached hydrogens (tertiary/aromatic N) is 2. The van der Waals surface area contributed by atoms with E-state index in [1.54, 1.807) is 0 Å². The topological polar surface area (TPSA) is 35.6 Å². The van der Waals surface area contributed by atoms with Crippen molar-refractivity contribution in [3.8, 4) is 0 Å². The van der Waals surface area contributed by atoms with Crippen molar-refractivity contribution in [2.45, 2.75) is 63.0 Å². The Balaban J connectivity index is 1.27. The van der Waals surface area contributed by atoms with Crippen molar-refractivity contribution in [2.75, 3.05) is 31.1 Å². The molecule has 1 saturated carbocycles. The molecule has 1 amide bonds. The van der Waals surface area contributed by atoms with Gasteiger partial charge in [-0.15, -0.1) is 0 Å². The van der Waals surface area contributed by atoms with E-state index in [-0.39, 0.29) is 11.6 Å². The van der Waals surface area contributed by atoms with Gasteiger partial charge in [-0.25, -0.2) is 0 Å². The summed E-state index contributed by atoms with van der Waals surface area (Å²) in [5.74, 6) is -0.604. The van der Waals surface area contributed by atoms with Crippen molar-refractivity contribution < 1.29 is 31.1 Å². The highest BCUT2D eigenvalue weighted by atomic mass is 19.4. The van der Waals surface area contributed by atoms with Crippen LogP contribution in [0.5, 0.6) is 0 Å². The predicted molar refractivity (Wildman–Crippen MR) is 153 cm³/mol. The fourth-order valence-corrected chi connectivity index (χ4v) is 6.26. The van der Waals surface area contributed by atoms with Crippen molar-refractivity contribution in [3.05, 3.63) is 101 Å². The van der Waals surface area contributed by atoms with Gasteiger partial charge in [0.25, 0.3) is 0 Å². The lowest BCUT2D eigenvalue weighted by atomic mass is 9.76. The molecule has 3 aromatic carbocycles. The maximum atomic E-state index is 13.3. The molecule has 2 aliphatic rings. The van der Waals surface area contributed by atoms with E-state index in [0.29, 0.717) is 25.0 Å². The van der Waals surface area contributed by atoms with E-state index in [0.717, 1.165) is 63.2 Å². The number of carbonyl (C=O) groups excluding carboxylic acids is 1. The van der Waals surface area contributed by atoms with Gasteiger partial charge in [0.1, 0.15) is 0 Å². The Morgan fingerprint density at radius 2 is 1.30 bits per heavy atom. The number of amides is 1. The highest BCUT2D eigenvalue weighted by molar-refractivity contribution is 5.80. The molecule has 0 spiro atoms. The first-order valence-corrected chi connectivity index (χ1v) is 14.6. The van der Waals surface area contributed by atoms with Gasteiger partial charge in [0.2, 0.25) is 5.91 Å². The van der Waals surface area contributed by atoms with E-state index in [2.05, 4.69) is 27.2 Å². The maximum Gasteiger partial charge on any atom is 0.416 e. The summed E-state index contributed by atoms with van der Waals surface area (Å²) in [7, 11) is 0. The lowest BCUT2D eigenvalue weighted by Gasteiger charge is -2.40. The summed E-state index contributed by atoms with van der Waals surface area (Å²) in [6.07, 6.45) is -6.52. The van der Waals surface area contributed by atoms with E-state index >= 15 is 0 Å². The van der Waals surface area contributed by atoms with Crippen molar-refractivity contribution in [1.82, 2.24) is 10.2 Å². The molecule has 4 nitrogen and oxygen atoms in total. The van der Waals surface area contributed by atoms with Crippen LogP contribution in [0.15, 0.2) is 72.8 Å². The summed E-state index contributed by atoms with van der Waals surface area (Å²) < 4.78 is 80.0. The van der Waals surface area contributed by atoms with Crippen LogP contribution in [0.3, 0.4) is 0 Å². The molecule has 230 valence electrons. The van der Waals surface area contributed by atoms with Gasteiger partial charge in [-0.2, -0.15) is 26.3 Å². The number of halogens is 6. The average Bonchev–Trinajstić information content (AvgIpc) is 2.97. The number of hydrogen-bond donors (Lipinski definition) is 1. The smallest absolute Gasteiger partial charge is 0.369 e. The van der Waals surface area contributed by atoms with Gasteiger partial charge >= 0.3 is 12.4 Å². The normalized spacial score (nSPS) is 18.0. The molecule has 0 radical (unpaired) electrons. The number of carbonyl (C=O) groups is 1. The van der Waals surface area contributed by atoms with Gasteiger partial charge in [0, 0.05) is 38.4 Å². The maximum absolute atomic E-state index is 13.3. The number of hydrogen-bond acceptors (Lipinski definition) is 3. The lowest BCUT2D eigenvalue weighted by molar-refractivity contribution is -0.143. The Morgan fingerprint density at radius 1 is 0.721 bits per heavy atom. The number of nitrogens with one attached hydrogen (secondary N) is 1. The van der Waals surface area contributed by atoms with Crippen molar-refractivity contribution in [3.63, 3.8) is 0 Å². The zero-order chi connectivity index (χ0) is 30.7. The first-order valence-electron chi connectivity index (χ1n) is 14.6. The van der Waals surface area contributed by atoms with Crippen LogP contribution in [0.1, 0.15) is 59.9 Å². The van der Waals surface area contributed by atoms with Crippen LogP contribution in [0, 0.1) is 0 Å². The third-order valence-electron chi connectivity index (χ3n) is 8.50. The monoisotopic (exact) mass is 603 g/mol. The Bertz CT molecular complexity index is 1340. The largest absolute Gasteiger partial charge is 0.416 e. The number of alkyl halides is 6. The second-order valence-electron chi connectivity index (χ2n) is 11.6. The van der Waals surface area contributed by atoms with E-state index < -0.39 is 41.3 Å². The molecule has 0 aromatic heterocycles. The minimum absolute atomic E-state index is 0.0781. The van der Waals surface area contributed by atoms with Crippen molar-refractivity contribution >= 4 is 11.6 Å². The summed E-state index contributed by atoms with van der Waals surface area (Å²) in [5, 5.41) is 3.02. The first-order chi connectivity index (χ1) is 20.4. The predicted octanol–water partition coefficient (Wildman–Crippen LogP) is 7.56. The fourth-order valence-electron chi connectivity index (χ4n) is 6.26. The van der Waals surface area contributed by atoms with Crippen LogP contribution in [0.2, 0.25) is 0 Å². The highest BCUT2D eigenvalue weighted by Gasteiger charge is 2.38. The number of rotatable bonds is 7. The quantitative estimate of drug-likeness (QED) is 0.283. The van der Waals surface area contributed by atoms with Gasteiger partial charge in [-0.1, -0.05) is 61.7 Å². The standard InChI is InChI=1S/C33H35F6N3O/c34-32(35,36)27-19-25(20-28(22-27)33(37,38)39)21-30(43)40-31(13-5-2-6-14-31)26-9-11-29(12-10-26)42-17-15-41(16-18-42)23-24-7-3-1-4-8-24/h1,3-4,7-12,19-20,22H,2,5-6,13-18,21,23H2,(H,40,43). The van der Waals surface area contributed by atoms with Crippen molar-refractivity contribution in [2.24, 2.45) is 0 Å². The summed E-state index contributed by atoms with van der Waals surface area (Å²) in [6, 6.07) is 19.7. The Kier molecular flexibility index (Phi) is 9.06. The van der Waals surface area contributed by atoms with Crippen LogP contribution in [-0.4, -0.2) is 37.0 Å². The molecule has 1 aliphatic heterocycles. The SMILES string of the molecule is O=C(Cc1cc(C(F)(F)F)cc(C(F)(F)F)c1)NC1(c2ccc(N3CCN(Cc4ccccc4)CC3)cc2)CCCCC1. The van der Waals surface area contributed by atoms with Gasteiger partial charge in [0.05, 0.1) is 23.1 Å². The molecular formula is C33H35F6N3O.